The van der Waals surface area contributed by atoms with Crippen LogP contribution in [0.2, 0.25) is 0 Å². The Morgan fingerprint density at radius 1 is 1.23 bits per heavy atom. The van der Waals surface area contributed by atoms with Crippen molar-refractivity contribution in [3.63, 3.8) is 0 Å². The maximum atomic E-state index is 12.8. The van der Waals surface area contributed by atoms with Gasteiger partial charge in [0.1, 0.15) is 0 Å². The molecule has 1 aliphatic rings. The van der Waals surface area contributed by atoms with Crippen molar-refractivity contribution < 1.29 is 13.9 Å². The van der Waals surface area contributed by atoms with Crippen molar-refractivity contribution >= 4 is 11.6 Å². The maximum absolute atomic E-state index is 12.8. The van der Waals surface area contributed by atoms with Crippen LogP contribution >= 0.6 is 0 Å². The molecular formula is C24H27N3O3. The first-order valence-corrected chi connectivity index (χ1v) is 10.4. The molecule has 0 saturated carbocycles. The summed E-state index contributed by atoms with van der Waals surface area (Å²) >= 11 is 0. The first-order valence-electron chi connectivity index (χ1n) is 10.4. The van der Waals surface area contributed by atoms with E-state index in [1.54, 1.807) is 12.5 Å². The average molecular weight is 405 g/mol. The van der Waals surface area contributed by atoms with E-state index in [1.165, 1.54) is 11.3 Å². The van der Waals surface area contributed by atoms with E-state index in [4.69, 9.17) is 9.15 Å². The number of ether oxygens (including phenoxy) is 1. The molecule has 30 heavy (non-hydrogen) atoms. The number of hydrogen-bond donors (Lipinski definition) is 1. The second-order valence-electron chi connectivity index (χ2n) is 7.58. The fraction of sp³-hybridized carbons (Fsp3) is 0.333. The van der Waals surface area contributed by atoms with Gasteiger partial charge < -0.3 is 19.4 Å². The Balaban J connectivity index is 1.44. The number of carbonyl (C=O) groups excluding carboxylic acids is 1. The second-order valence-corrected chi connectivity index (χ2v) is 7.58. The van der Waals surface area contributed by atoms with Gasteiger partial charge in [0.15, 0.2) is 5.76 Å². The van der Waals surface area contributed by atoms with Crippen LogP contribution in [0.15, 0.2) is 59.3 Å². The largest absolute Gasteiger partial charge is 0.477 e. The molecular weight excluding hydrogens is 378 g/mol. The number of hydrogen-bond acceptors (Lipinski definition) is 5. The van der Waals surface area contributed by atoms with Gasteiger partial charge >= 0.3 is 0 Å². The summed E-state index contributed by atoms with van der Waals surface area (Å²) in [6.07, 6.45) is 5.18. The van der Waals surface area contributed by atoms with Crippen LogP contribution in [-0.2, 0) is 19.5 Å². The molecule has 0 saturated heterocycles. The summed E-state index contributed by atoms with van der Waals surface area (Å²) in [5.41, 5.74) is 4.29. The predicted octanol–water partition coefficient (Wildman–Crippen LogP) is 4.34. The zero-order chi connectivity index (χ0) is 20.9. The van der Waals surface area contributed by atoms with Crippen LogP contribution in [0.3, 0.4) is 0 Å². The Kier molecular flexibility index (Phi) is 6.02. The Hall–Kier alpha value is -3.28. The molecule has 6 nitrogen and oxygen atoms in total. The molecule has 1 aliphatic heterocycles. The van der Waals surface area contributed by atoms with E-state index in [9.17, 15) is 4.79 Å². The topological polar surface area (TPSA) is 67.6 Å². The molecule has 0 fully saturated rings. The van der Waals surface area contributed by atoms with Gasteiger partial charge in [0.2, 0.25) is 5.88 Å². The van der Waals surface area contributed by atoms with Crippen LogP contribution in [0.1, 0.15) is 47.5 Å². The van der Waals surface area contributed by atoms with E-state index in [0.717, 1.165) is 24.0 Å². The first kappa shape index (κ1) is 20.0. The Bertz CT molecular complexity index is 1010. The summed E-state index contributed by atoms with van der Waals surface area (Å²) < 4.78 is 11.2. The number of rotatable bonds is 8. The monoisotopic (exact) mass is 405 g/mol. The molecule has 1 unspecified atom stereocenters. The molecule has 156 valence electrons. The molecule has 1 N–H and O–H groups in total. The molecule has 0 radical (unpaired) electrons. The van der Waals surface area contributed by atoms with Crippen LogP contribution < -0.4 is 15.0 Å². The lowest BCUT2D eigenvalue weighted by atomic mass is 10.1. The zero-order valence-electron chi connectivity index (χ0n) is 17.4. The standard InChI is InChI=1S/C24H27N3O3/c1-3-12-30-24-19(8-6-11-25-24)15-26-23(28)22-20(10-13-29-22)16-27-17(2)14-18-7-4-5-9-21(18)27/h4-11,13,17H,3,12,14-16H2,1-2H3,(H,26,28). The Labute approximate surface area is 176 Å². The van der Waals surface area contributed by atoms with Crippen molar-refractivity contribution in [2.24, 2.45) is 0 Å². The highest BCUT2D eigenvalue weighted by molar-refractivity contribution is 5.93. The summed E-state index contributed by atoms with van der Waals surface area (Å²) in [7, 11) is 0. The van der Waals surface area contributed by atoms with Gasteiger partial charge in [0, 0.05) is 42.1 Å². The van der Waals surface area contributed by atoms with E-state index in [-0.39, 0.29) is 5.91 Å². The Morgan fingerprint density at radius 2 is 2.10 bits per heavy atom. The number of nitrogens with one attached hydrogen (secondary N) is 1. The molecule has 6 heteroatoms. The number of fused-ring (bicyclic) bond motifs is 1. The van der Waals surface area contributed by atoms with Gasteiger partial charge in [-0.25, -0.2) is 4.98 Å². The average Bonchev–Trinajstić information content (AvgIpc) is 3.36. The quantitative estimate of drug-likeness (QED) is 0.604. The highest BCUT2D eigenvalue weighted by atomic mass is 16.5. The van der Waals surface area contributed by atoms with Crippen molar-refractivity contribution in [1.82, 2.24) is 10.3 Å². The summed E-state index contributed by atoms with van der Waals surface area (Å²) in [6, 6.07) is 14.4. The number of pyridine rings is 1. The van der Waals surface area contributed by atoms with E-state index < -0.39 is 0 Å². The zero-order valence-corrected chi connectivity index (χ0v) is 17.4. The molecule has 0 spiro atoms. The number of furan rings is 1. The fourth-order valence-electron chi connectivity index (χ4n) is 3.86. The number of aromatic nitrogens is 1. The van der Waals surface area contributed by atoms with E-state index >= 15 is 0 Å². The third-order valence-corrected chi connectivity index (χ3v) is 5.37. The third kappa shape index (κ3) is 4.17. The van der Waals surface area contributed by atoms with Crippen LogP contribution in [0.4, 0.5) is 5.69 Å². The molecule has 1 amide bonds. The molecule has 2 aromatic heterocycles. The molecule has 4 rings (SSSR count). The van der Waals surface area contributed by atoms with Crippen LogP contribution in [-0.4, -0.2) is 23.5 Å². The lowest BCUT2D eigenvalue weighted by Crippen LogP contribution is -2.30. The SMILES string of the molecule is CCCOc1ncccc1CNC(=O)c1occc1CN1c2ccccc2CC1C. The van der Waals surface area contributed by atoms with Crippen molar-refractivity contribution in [3.8, 4) is 5.88 Å². The number of anilines is 1. The van der Waals surface area contributed by atoms with E-state index in [0.29, 0.717) is 37.4 Å². The fourth-order valence-corrected chi connectivity index (χ4v) is 3.86. The highest BCUT2D eigenvalue weighted by Crippen LogP contribution is 2.33. The summed E-state index contributed by atoms with van der Waals surface area (Å²) in [6.45, 7) is 5.81. The van der Waals surface area contributed by atoms with Crippen molar-refractivity contribution in [2.45, 2.75) is 45.8 Å². The van der Waals surface area contributed by atoms with Crippen molar-refractivity contribution in [1.29, 1.82) is 0 Å². The predicted molar refractivity (Wildman–Crippen MR) is 116 cm³/mol. The normalized spacial score (nSPS) is 15.1. The van der Waals surface area contributed by atoms with Gasteiger partial charge in [0.25, 0.3) is 5.91 Å². The summed E-state index contributed by atoms with van der Waals surface area (Å²) in [5, 5.41) is 2.94. The van der Waals surface area contributed by atoms with Crippen molar-refractivity contribution in [2.75, 3.05) is 11.5 Å². The van der Waals surface area contributed by atoms with Crippen molar-refractivity contribution in [3.05, 3.63) is 77.4 Å². The number of amides is 1. The van der Waals surface area contributed by atoms with E-state index in [2.05, 4.69) is 46.4 Å². The number of nitrogens with zero attached hydrogens (tertiary/aromatic N) is 2. The highest BCUT2D eigenvalue weighted by Gasteiger charge is 2.27. The van der Waals surface area contributed by atoms with Crippen LogP contribution in [0, 0.1) is 0 Å². The lowest BCUT2D eigenvalue weighted by Gasteiger charge is -2.24. The van der Waals surface area contributed by atoms with Gasteiger partial charge in [-0.15, -0.1) is 0 Å². The Morgan fingerprint density at radius 3 is 2.97 bits per heavy atom. The van der Waals surface area contributed by atoms with Crippen LogP contribution in [0.25, 0.3) is 0 Å². The van der Waals surface area contributed by atoms with Gasteiger partial charge in [0.05, 0.1) is 12.9 Å². The number of para-hydroxylation sites is 1. The number of benzene rings is 1. The number of carbonyl (C=O) groups is 1. The molecule has 3 aromatic rings. The summed E-state index contributed by atoms with van der Waals surface area (Å²) in [4.78, 5) is 19.4. The van der Waals surface area contributed by atoms with Gasteiger partial charge in [-0.05, 0) is 43.5 Å². The summed E-state index contributed by atoms with van der Waals surface area (Å²) in [5.74, 6) is 0.675. The third-order valence-electron chi connectivity index (χ3n) is 5.37. The first-order chi connectivity index (χ1) is 14.7. The van der Waals surface area contributed by atoms with E-state index in [1.807, 2.05) is 25.1 Å². The molecule has 3 heterocycles. The maximum Gasteiger partial charge on any atom is 0.287 e. The van der Waals surface area contributed by atoms with Gasteiger partial charge in [-0.3, -0.25) is 4.79 Å². The minimum atomic E-state index is -0.236. The molecule has 1 atom stereocenters. The van der Waals surface area contributed by atoms with Crippen LogP contribution in [0.5, 0.6) is 5.88 Å². The molecule has 1 aromatic carbocycles. The smallest absolute Gasteiger partial charge is 0.287 e. The second kappa shape index (κ2) is 9.03. The van der Waals surface area contributed by atoms with Gasteiger partial charge in [-0.1, -0.05) is 31.2 Å². The minimum Gasteiger partial charge on any atom is -0.477 e. The lowest BCUT2D eigenvalue weighted by molar-refractivity contribution is 0.0921. The molecule has 0 aliphatic carbocycles. The molecule has 0 bridgehead atoms. The van der Waals surface area contributed by atoms with Gasteiger partial charge in [-0.2, -0.15) is 0 Å². The minimum absolute atomic E-state index is 0.236.